The van der Waals surface area contributed by atoms with Gasteiger partial charge in [-0.1, -0.05) is 12.1 Å². The summed E-state index contributed by atoms with van der Waals surface area (Å²) in [5.41, 5.74) is -0.803. The lowest BCUT2D eigenvalue weighted by molar-refractivity contribution is -0.383. The summed E-state index contributed by atoms with van der Waals surface area (Å²) >= 11 is 2.99. The number of alkyl halides is 3. The second-order valence-corrected chi connectivity index (χ2v) is 6.91. The van der Waals surface area contributed by atoms with Gasteiger partial charge in [0.2, 0.25) is 5.91 Å². The van der Waals surface area contributed by atoms with Crippen LogP contribution in [-0.4, -0.2) is 20.6 Å². The van der Waals surface area contributed by atoms with Crippen molar-refractivity contribution >= 4 is 33.2 Å². The molecule has 0 aliphatic heterocycles. The van der Waals surface area contributed by atoms with Crippen LogP contribution < -0.4 is 5.32 Å². The van der Waals surface area contributed by atoms with Gasteiger partial charge in [0, 0.05) is 18.4 Å². The minimum Gasteiger partial charge on any atom is -0.320 e. The molecular weight excluding hydrogens is 433 g/mol. The number of hydrogen-bond acceptors (Lipinski definition) is 4. The van der Waals surface area contributed by atoms with E-state index in [1.807, 2.05) is 0 Å². The maximum Gasteiger partial charge on any atom is 0.436 e. The number of carbonyl (C=O) groups is 1. The van der Waals surface area contributed by atoms with E-state index in [0.717, 1.165) is 12.8 Å². The van der Waals surface area contributed by atoms with E-state index in [1.165, 1.54) is 28.9 Å². The van der Waals surface area contributed by atoms with Crippen molar-refractivity contribution in [3.05, 3.63) is 50.2 Å². The maximum atomic E-state index is 13.1. The van der Waals surface area contributed by atoms with Gasteiger partial charge in [0.25, 0.3) is 5.69 Å². The predicted octanol–water partition coefficient (Wildman–Crippen LogP) is 4.48. The minimum absolute atomic E-state index is 0.0127. The van der Waals surface area contributed by atoms with Crippen LogP contribution in [0.15, 0.2) is 28.7 Å². The number of nitro groups is 1. The quantitative estimate of drug-likeness (QED) is 0.523. The highest BCUT2D eigenvalue weighted by atomic mass is 79.9. The normalized spacial score (nSPS) is 14.2. The molecule has 0 radical (unpaired) electrons. The number of nitrogens with zero attached hydrogens (tertiary/aromatic N) is 3. The Balaban J connectivity index is 1.74. The van der Waals surface area contributed by atoms with Crippen LogP contribution in [0.1, 0.15) is 36.6 Å². The molecule has 11 heteroatoms. The number of para-hydroxylation sites is 2. The fraction of sp³-hybridized carbons (Fsp3) is 0.375. The van der Waals surface area contributed by atoms with Crippen LogP contribution in [0.25, 0.3) is 0 Å². The van der Waals surface area contributed by atoms with Crippen LogP contribution >= 0.6 is 15.9 Å². The first-order valence-electron chi connectivity index (χ1n) is 8.05. The third kappa shape index (κ3) is 4.29. The van der Waals surface area contributed by atoms with Crippen molar-refractivity contribution in [3.8, 4) is 0 Å². The molecule has 7 nitrogen and oxygen atoms in total. The summed E-state index contributed by atoms with van der Waals surface area (Å²) in [7, 11) is 0. The van der Waals surface area contributed by atoms with Gasteiger partial charge in [-0.05, 0) is 34.8 Å². The standard InChI is InChI=1S/C16H14BrF3N4O3/c17-13-14(9-5-6-9)23(22-15(13)16(18,19)20)8-7-12(25)21-10-3-1-2-4-11(10)24(26)27/h1-4,9H,5-8H2,(H,21,25). The molecular formula is C16H14BrF3N4O3. The van der Waals surface area contributed by atoms with Gasteiger partial charge in [-0.15, -0.1) is 0 Å². The van der Waals surface area contributed by atoms with Crippen molar-refractivity contribution in [1.29, 1.82) is 0 Å². The van der Waals surface area contributed by atoms with Crippen molar-refractivity contribution in [2.24, 2.45) is 0 Å². The number of amides is 1. The van der Waals surface area contributed by atoms with Crippen molar-refractivity contribution in [2.75, 3.05) is 5.32 Å². The van der Waals surface area contributed by atoms with Crippen molar-refractivity contribution < 1.29 is 22.9 Å². The van der Waals surface area contributed by atoms with Gasteiger partial charge in [-0.2, -0.15) is 18.3 Å². The Hall–Kier alpha value is -2.43. The molecule has 1 saturated carbocycles. The highest BCUT2D eigenvalue weighted by Gasteiger charge is 2.41. The second-order valence-electron chi connectivity index (χ2n) is 6.12. The van der Waals surface area contributed by atoms with Gasteiger partial charge in [0.05, 0.1) is 21.6 Å². The topological polar surface area (TPSA) is 90.1 Å². The zero-order valence-electron chi connectivity index (χ0n) is 13.8. The monoisotopic (exact) mass is 446 g/mol. The Morgan fingerprint density at radius 2 is 2.04 bits per heavy atom. The van der Waals surface area contributed by atoms with Crippen LogP contribution in [0.2, 0.25) is 0 Å². The zero-order valence-corrected chi connectivity index (χ0v) is 15.4. The molecule has 0 unspecified atom stereocenters. The van der Waals surface area contributed by atoms with Crippen LogP contribution in [-0.2, 0) is 17.5 Å². The highest BCUT2D eigenvalue weighted by molar-refractivity contribution is 9.10. The number of hydrogen-bond donors (Lipinski definition) is 1. The first kappa shape index (κ1) is 19.3. The van der Waals surface area contributed by atoms with Crippen LogP contribution in [0, 0.1) is 10.1 Å². The number of anilines is 1. The molecule has 1 aromatic heterocycles. The maximum absolute atomic E-state index is 13.1. The number of aryl methyl sites for hydroxylation is 1. The molecule has 1 amide bonds. The lowest BCUT2D eigenvalue weighted by atomic mass is 10.2. The first-order valence-corrected chi connectivity index (χ1v) is 8.84. The molecule has 0 atom stereocenters. The van der Waals surface area contributed by atoms with E-state index < -0.39 is 22.7 Å². The number of nitro benzene ring substituents is 1. The minimum atomic E-state index is -4.60. The summed E-state index contributed by atoms with van der Waals surface area (Å²) in [5, 5.41) is 17.0. The zero-order chi connectivity index (χ0) is 19.8. The summed E-state index contributed by atoms with van der Waals surface area (Å²) in [4.78, 5) is 22.5. The largest absolute Gasteiger partial charge is 0.436 e. The Morgan fingerprint density at radius 3 is 2.63 bits per heavy atom. The molecule has 2 aromatic rings. The molecule has 0 saturated heterocycles. The van der Waals surface area contributed by atoms with Gasteiger partial charge in [0.15, 0.2) is 5.69 Å². The summed E-state index contributed by atoms with van der Waals surface area (Å²) in [6.07, 6.45) is -3.23. The number of halogens is 4. The molecule has 0 bridgehead atoms. The van der Waals surface area contributed by atoms with Crippen molar-refractivity contribution in [3.63, 3.8) is 0 Å². The molecule has 3 rings (SSSR count). The van der Waals surface area contributed by atoms with E-state index in [2.05, 4.69) is 26.3 Å². The third-order valence-electron chi connectivity index (χ3n) is 4.09. The number of rotatable bonds is 6. The summed E-state index contributed by atoms with van der Waals surface area (Å²) in [5.74, 6) is -0.563. The molecule has 1 aliphatic rings. The van der Waals surface area contributed by atoms with E-state index in [9.17, 15) is 28.1 Å². The predicted molar refractivity (Wildman–Crippen MR) is 93.2 cm³/mol. The smallest absolute Gasteiger partial charge is 0.320 e. The number of nitrogens with one attached hydrogen (secondary N) is 1. The third-order valence-corrected chi connectivity index (χ3v) is 4.87. The Kier molecular flexibility index (Phi) is 5.22. The lowest BCUT2D eigenvalue weighted by Gasteiger charge is -2.08. The molecule has 144 valence electrons. The number of carbonyl (C=O) groups excluding carboxylic acids is 1. The molecule has 1 N–H and O–H groups in total. The Morgan fingerprint density at radius 1 is 1.37 bits per heavy atom. The number of benzene rings is 1. The van der Waals surface area contributed by atoms with Gasteiger partial charge < -0.3 is 5.32 Å². The number of aromatic nitrogens is 2. The fourth-order valence-corrected chi connectivity index (χ4v) is 3.54. The van der Waals surface area contributed by atoms with Gasteiger partial charge >= 0.3 is 6.18 Å². The molecule has 1 aliphatic carbocycles. The molecule has 1 fully saturated rings. The second kappa shape index (κ2) is 7.29. The van der Waals surface area contributed by atoms with E-state index >= 15 is 0 Å². The van der Waals surface area contributed by atoms with Gasteiger partial charge in [-0.3, -0.25) is 19.6 Å². The summed E-state index contributed by atoms with van der Waals surface area (Å²) in [6.45, 7) is -0.0625. The first-order chi connectivity index (χ1) is 12.7. The Labute approximate surface area is 159 Å². The van der Waals surface area contributed by atoms with E-state index in [4.69, 9.17) is 0 Å². The SMILES string of the molecule is O=C(CCn1nc(C(F)(F)F)c(Br)c1C1CC1)Nc1ccccc1[N+](=O)[O-]. The average molecular weight is 447 g/mol. The van der Waals surface area contributed by atoms with Gasteiger partial charge in [-0.25, -0.2) is 0 Å². The Bertz CT molecular complexity index is 894. The van der Waals surface area contributed by atoms with E-state index in [0.29, 0.717) is 5.69 Å². The molecule has 1 aromatic carbocycles. The summed E-state index contributed by atoms with van der Waals surface area (Å²) < 4.78 is 40.4. The van der Waals surface area contributed by atoms with Crippen molar-refractivity contribution in [2.45, 2.75) is 37.9 Å². The van der Waals surface area contributed by atoms with Crippen LogP contribution in [0.4, 0.5) is 24.5 Å². The average Bonchev–Trinajstić information content (AvgIpc) is 3.35. The molecule has 1 heterocycles. The van der Waals surface area contributed by atoms with E-state index in [1.54, 1.807) is 0 Å². The van der Waals surface area contributed by atoms with Gasteiger partial charge in [0.1, 0.15) is 5.69 Å². The molecule has 0 spiro atoms. The van der Waals surface area contributed by atoms with Crippen molar-refractivity contribution in [1.82, 2.24) is 9.78 Å². The van der Waals surface area contributed by atoms with Crippen LogP contribution in [0.3, 0.4) is 0 Å². The van der Waals surface area contributed by atoms with Crippen LogP contribution in [0.5, 0.6) is 0 Å². The fourth-order valence-electron chi connectivity index (χ4n) is 2.71. The van der Waals surface area contributed by atoms with E-state index in [-0.39, 0.29) is 34.7 Å². The highest BCUT2D eigenvalue weighted by Crippen LogP contribution is 2.47. The summed E-state index contributed by atoms with van der Waals surface area (Å²) in [6, 6.07) is 5.64. The lowest BCUT2D eigenvalue weighted by Crippen LogP contribution is -2.17. The molecule has 27 heavy (non-hydrogen) atoms.